The van der Waals surface area contributed by atoms with Crippen LogP contribution in [0.5, 0.6) is 28.7 Å². The summed E-state index contributed by atoms with van der Waals surface area (Å²) >= 11 is 0. The zero-order chi connectivity index (χ0) is 23.4. The van der Waals surface area contributed by atoms with E-state index in [-0.39, 0.29) is 23.0 Å². The smallest absolute Gasteiger partial charge is 0.330 e. The van der Waals surface area contributed by atoms with Crippen LogP contribution in [0.2, 0.25) is 0 Å². The van der Waals surface area contributed by atoms with Crippen molar-refractivity contribution >= 4 is 12.0 Å². The molecule has 7 N–H and O–H groups in total. The molecule has 1 aliphatic rings. The molecule has 0 amide bonds. The van der Waals surface area contributed by atoms with Gasteiger partial charge in [0.2, 0.25) is 6.29 Å². The molecule has 5 atom stereocenters. The lowest BCUT2D eigenvalue weighted by molar-refractivity contribution is -0.278. The molecule has 0 radical (unpaired) electrons. The molecule has 2 aromatic carbocycles. The van der Waals surface area contributed by atoms with E-state index in [2.05, 4.69) is 0 Å². The zero-order valence-electron chi connectivity index (χ0n) is 16.5. The Hall–Kier alpha value is -3.51. The van der Waals surface area contributed by atoms with Gasteiger partial charge >= 0.3 is 5.97 Å². The first kappa shape index (κ1) is 23.2. The number of aromatic hydroxyl groups is 4. The van der Waals surface area contributed by atoms with Crippen molar-refractivity contribution < 1.29 is 54.8 Å². The molecular formula is C21H22O11. The van der Waals surface area contributed by atoms with Crippen LogP contribution in [0.15, 0.2) is 42.5 Å². The summed E-state index contributed by atoms with van der Waals surface area (Å²) in [6, 6.07) is 7.34. The molecular weight excluding hydrogens is 428 g/mol. The lowest BCUT2D eigenvalue weighted by Crippen LogP contribution is -2.60. The normalized spacial score (nSPS) is 25.5. The summed E-state index contributed by atoms with van der Waals surface area (Å²) in [6.45, 7) is -0.504. The van der Waals surface area contributed by atoms with Gasteiger partial charge in [0.15, 0.2) is 23.0 Å². The molecule has 1 heterocycles. The van der Waals surface area contributed by atoms with E-state index in [1.54, 1.807) is 0 Å². The number of carbonyl (C=O) groups is 1. The fraction of sp³-hybridized carbons (Fsp3) is 0.286. The number of esters is 1. The first-order chi connectivity index (χ1) is 15.2. The standard InChI is InChI=1S/C21H22O11/c22-11-3-5-15(14(25)8-11)31-21-20(29)19(28)18(27)16(32-21)9-30-17(26)6-2-10-1-4-12(23)13(24)7-10/h1-8,16,18-25,27-29H,9H2/b6-2+/t16-,18-,19+,20-,21-/m1/s1. The Morgan fingerprint density at radius 3 is 2.34 bits per heavy atom. The van der Waals surface area contributed by atoms with Crippen LogP contribution in [0.25, 0.3) is 6.08 Å². The van der Waals surface area contributed by atoms with Crippen molar-refractivity contribution in [3.63, 3.8) is 0 Å². The van der Waals surface area contributed by atoms with E-state index in [0.717, 1.165) is 12.1 Å². The van der Waals surface area contributed by atoms with Gasteiger partial charge in [-0.3, -0.25) is 0 Å². The summed E-state index contributed by atoms with van der Waals surface area (Å²) in [6.07, 6.45) is -5.44. The number of phenols is 4. The summed E-state index contributed by atoms with van der Waals surface area (Å²) in [4.78, 5) is 12.0. The third-order valence-corrected chi connectivity index (χ3v) is 4.66. The maximum atomic E-state index is 12.0. The van der Waals surface area contributed by atoms with Crippen molar-refractivity contribution in [3.8, 4) is 28.7 Å². The van der Waals surface area contributed by atoms with Crippen LogP contribution in [0, 0.1) is 0 Å². The predicted octanol–water partition coefficient (Wildman–Crippen LogP) is -0.0480. The Bertz CT molecular complexity index is 990. The molecule has 0 bridgehead atoms. The number of phenolic OH excluding ortho intramolecular Hbond substituents is 4. The lowest BCUT2D eigenvalue weighted by atomic mass is 9.99. The van der Waals surface area contributed by atoms with Crippen LogP contribution < -0.4 is 4.74 Å². The molecule has 0 spiro atoms. The molecule has 3 rings (SSSR count). The van der Waals surface area contributed by atoms with Crippen LogP contribution in [0.3, 0.4) is 0 Å². The van der Waals surface area contributed by atoms with Gasteiger partial charge in [0, 0.05) is 12.1 Å². The van der Waals surface area contributed by atoms with Crippen molar-refractivity contribution in [2.45, 2.75) is 30.7 Å². The molecule has 11 nitrogen and oxygen atoms in total. The number of hydrogen-bond acceptors (Lipinski definition) is 11. The summed E-state index contributed by atoms with van der Waals surface area (Å²) in [7, 11) is 0. The molecule has 11 heteroatoms. The quantitative estimate of drug-likeness (QED) is 0.178. The average molecular weight is 450 g/mol. The van der Waals surface area contributed by atoms with Crippen LogP contribution in [0.4, 0.5) is 0 Å². The molecule has 2 aromatic rings. The molecule has 1 saturated heterocycles. The van der Waals surface area contributed by atoms with E-state index < -0.39 is 49.0 Å². The highest BCUT2D eigenvalue weighted by molar-refractivity contribution is 5.87. The Balaban J connectivity index is 1.61. The van der Waals surface area contributed by atoms with Crippen molar-refractivity contribution in [3.05, 3.63) is 48.0 Å². The van der Waals surface area contributed by atoms with Crippen molar-refractivity contribution in [1.29, 1.82) is 0 Å². The van der Waals surface area contributed by atoms with Crippen LogP contribution >= 0.6 is 0 Å². The summed E-state index contributed by atoms with van der Waals surface area (Å²) in [5.74, 6) is -2.34. The van der Waals surface area contributed by atoms with Gasteiger partial charge in [0.05, 0.1) is 0 Å². The van der Waals surface area contributed by atoms with Gasteiger partial charge in [-0.25, -0.2) is 4.79 Å². The topological polar surface area (TPSA) is 186 Å². The SMILES string of the molecule is O=C(/C=C/c1ccc(O)c(O)c1)OC[C@H]1O[C@@H](Oc2ccc(O)cc2O)[C@H](O)[C@@H](O)[C@@H]1O. The van der Waals surface area contributed by atoms with Gasteiger partial charge in [-0.15, -0.1) is 0 Å². The summed E-state index contributed by atoms with van der Waals surface area (Å²) < 4.78 is 15.7. The minimum Gasteiger partial charge on any atom is -0.508 e. The number of aliphatic hydroxyl groups is 3. The third-order valence-electron chi connectivity index (χ3n) is 4.66. The minimum atomic E-state index is -1.70. The fourth-order valence-corrected chi connectivity index (χ4v) is 2.90. The first-order valence-electron chi connectivity index (χ1n) is 9.41. The second kappa shape index (κ2) is 9.75. The minimum absolute atomic E-state index is 0.161. The van der Waals surface area contributed by atoms with Gasteiger partial charge in [-0.1, -0.05) is 6.07 Å². The molecule has 0 saturated carbocycles. The van der Waals surface area contributed by atoms with Crippen LogP contribution in [-0.4, -0.2) is 79.0 Å². The number of carbonyl (C=O) groups excluding carboxylic acids is 1. The Labute approximate surface area is 181 Å². The maximum absolute atomic E-state index is 12.0. The van der Waals surface area contributed by atoms with E-state index in [1.165, 1.54) is 36.4 Å². The highest BCUT2D eigenvalue weighted by atomic mass is 16.7. The van der Waals surface area contributed by atoms with Crippen molar-refractivity contribution in [2.75, 3.05) is 6.61 Å². The Morgan fingerprint density at radius 1 is 0.906 bits per heavy atom. The molecule has 172 valence electrons. The summed E-state index contributed by atoms with van der Waals surface area (Å²) in [5, 5.41) is 68.2. The van der Waals surface area contributed by atoms with E-state index in [0.29, 0.717) is 5.56 Å². The van der Waals surface area contributed by atoms with E-state index in [9.17, 15) is 40.5 Å². The molecule has 0 aromatic heterocycles. The lowest BCUT2D eigenvalue weighted by Gasteiger charge is -2.39. The number of hydrogen-bond donors (Lipinski definition) is 7. The molecule has 32 heavy (non-hydrogen) atoms. The van der Waals surface area contributed by atoms with Gasteiger partial charge in [0.25, 0.3) is 0 Å². The number of ether oxygens (including phenoxy) is 3. The van der Waals surface area contributed by atoms with Gasteiger partial charge in [-0.05, 0) is 35.9 Å². The maximum Gasteiger partial charge on any atom is 0.330 e. The van der Waals surface area contributed by atoms with E-state index in [1.807, 2.05) is 0 Å². The van der Waals surface area contributed by atoms with Crippen molar-refractivity contribution in [1.82, 2.24) is 0 Å². The average Bonchev–Trinajstić information content (AvgIpc) is 2.75. The number of benzene rings is 2. The predicted molar refractivity (Wildman–Crippen MR) is 107 cm³/mol. The van der Waals surface area contributed by atoms with Crippen LogP contribution in [0.1, 0.15) is 5.56 Å². The molecule has 0 unspecified atom stereocenters. The molecule has 1 fully saturated rings. The number of aliphatic hydroxyl groups excluding tert-OH is 3. The summed E-state index contributed by atoms with van der Waals surface area (Å²) in [5.41, 5.74) is 0.409. The highest BCUT2D eigenvalue weighted by Gasteiger charge is 2.45. The fourth-order valence-electron chi connectivity index (χ4n) is 2.90. The van der Waals surface area contributed by atoms with Gasteiger partial charge < -0.3 is 50.0 Å². The second-order valence-electron chi connectivity index (χ2n) is 7.00. The van der Waals surface area contributed by atoms with E-state index in [4.69, 9.17) is 14.2 Å². The Morgan fingerprint density at radius 2 is 1.66 bits per heavy atom. The van der Waals surface area contributed by atoms with E-state index >= 15 is 0 Å². The Kier molecular flexibility index (Phi) is 7.05. The zero-order valence-corrected chi connectivity index (χ0v) is 16.5. The van der Waals surface area contributed by atoms with Gasteiger partial charge in [0.1, 0.15) is 36.8 Å². The second-order valence-corrected chi connectivity index (χ2v) is 7.00. The molecule has 0 aliphatic carbocycles. The first-order valence-corrected chi connectivity index (χ1v) is 9.41. The monoisotopic (exact) mass is 450 g/mol. The third kappa shape index (κ3) is 5.39. The highest BCUT2D eigenvalue weighted by Crippen LogP contribution is 2.33. The molecule has 1 aliphatic heterocycles. The van der Waals surface area contributed by atoms with Gasteiger partial charge in [-0.2, -0.15) is 0 Å². The van der Waals surface area contributed by atoms with Crippen molar-refractivity contribution in [2.24, 2.45) is 0 Å². The number of rotatable bonds is 6. The van der Waals surface area contributed by atoms with Crippen LogP contribution in [-0.2, 0) is 14.3 Å². The largest absolute Gasteiger partial charge is 0.508 e.